The fourth-order valence-electron chi connectivity index (χ4n) is 5.20. The lowest BCUT2D eigenvalue weighted by Gasteiger charge is -2.34. The predicted octanol–water partition coefficient (Wildman–Crippen LogP) is 6.40. The first kappa shape index (κ1) is 28.2. The molecule has 0 spiro atoms. The lowest BCUT2D eigenvalue weighted by molar-refractivity contribution is -0.141. The maximum Gasteiger partial charge on any atom is 0.224 e. The average molecular weight is 496 g/mol. The summed E-state index contributed by atoms with van der Waals surface area (Å²) in [4.78, 5) is 12.5. The third-order valence-corrected chi connectivity index (χ3v) is 7.19. The minimum atomic E-state index is -0.543. The Morgan fingerprint density at radius 3 is 2.14 bits per heavy atom. The number of hydrogen-bond donors (Lipinski definition) is 1. The van der Waals surface area contributed by atoms with Gasteiger partial charge in [-0.1, -0.05) is 44.2 Å². The van der Waals surface area contributed by atoms with Crippen LogP contribution in [0.25, 0.3) is 0 Å². The van der Waals surface area contributed by atoms with Gasteiger partial charge in [0, 0.05) is 11.0 Å². The monoisotopic (exact) mass is 495 g/mol. The van der Waals surface area contributed by atoms with E-state index in [1.807, 2.05) is 34.6 Å². The first-order valence-corrected chi connectivity index (χ1v) is 13.3. The van der Waals surface area contributed by atoms with Crippen molar-refractivity contribution in [2.75, 3.05) is 13.2 Å². The number of ether oxygens (including phenoxy) is 3. The highest BCUT2D eigenvalue weighted by Crippen LogP contribution is 2.41. The molecule has 0 aliphatic carbocycles. The van der Waals surface area contributed by atoms with Gasteiger partial charge in [-0.2, -0.15) is 0 Å². The van der Waals surface area contributed by atoms with Crippen LogP contribution in [0.2, 0.25) is 0 Å². The first-order valence-electron chi connectivity index (χ1n) is 13.3. The van der Waals surface area contributed by atoms with Crippen LogP contribution in [0.5, 0.6) is 5.75 Å². The average Bonchev–Trinajstić information content (AvgIpc) is 3.13. The van der Waals surface area contributed by atoms with Crippen LogP contribution in [-0.2, 0) is 26.1 Å². The van der Waals surface area contributed by atoms with Crippen LogP contribution in [0.15, 0.2) is 36.4 Å². The second-order valence-electron chi connectivity index (χ2n) is 11.6. The molecular weight excluding hydrogens is 450 g/mol. The fraction of sp³-hybridized carbons (Fsp3) is 0.581. The van der Waals surface area contributed by atoms with Crippen LogP contribution in [0.3, 0.4) is 0 Å². The number of nitrogens with one attached hydrogen (secondary N) is 1. The van der Waals surface area contributed by atoms with Gasteiger partial charge >= 0.3 is 0 Å². The Morgan fingerprint density at radius 2 is 1.64 bits per heavy atom. The molecule has 0 radical (unpaired) electrons. The SMILES string of the molecule is CCC(CC)(c1ccc(CC(=O)NC(C)(C)C)c(C)c1)c1ccc(OC[C@@H]2COC(C)(C)O2)c(C)c1. The Morgan fingerprint density at radius 1 is 1.03 bits per heavy atom. The third-order valence-electron chi connectivity index (χ3n) is 7.19. The Bertz CT molecular complexity index is 1060. The topological polar surface area (TPSA) is 56.8 Å². The van der Waals surface area contributed by atoms with Gasteiger partial charge in [0.25, 0.3) is 0 Å². The van der Waals surface area contributed by atoms with Crippen molar-refractivity contribution in [3.05, 3.63) is 64.2 Å². The standard InChI is InChI=1S/C31H45NO4/c1-10-31(11-2,24-13-12-23(21(3)16-24)18-28(33)32-29(5,6)7)25-14-15-27(22(4)17-25)34-19-26-20-35-30(8,9)36-26/h12-17,26H,10-11,18-20H2,1-9H3,(H,32,33)/t26-/m1/s1. The Labute approximate surface area is 217 Å². The quantitative estimate of drug-likeness (QED) is 0.437. The van der Waals surface area contributed by atoms with E-state index < -0.39 is 5.79 Å². The summed E-state index contributed by atoms with van der Waals surface area (Å²) < 4.78 is 17.6. The fourth-order valence-corrected chi connectivity index (χ4v) is 5.20. The van der Waals surface area contributed by atoms with E-state index in [0.717, 1.165) is 35.3 Å². The Kier molecular flexibility index (Phi) is 8.57. The number of amides is 1. The minimum absolute atomic E-state index is 0.0555. The van der Waals surface area contributed by atoms with Crippen LogP contribution < -0.4 is 10.1 Å². The van der Waals surface area contributed by atoms with E-state index in [1.54, 1.807) is 0 Å². The molecule has 1 saturated heterocycles. The summed E-state index contributed by atoms with van der Waals surface area (Å²) in [6.07, 6.45) is 2.30. The highest BCUT2D eigenvalue weighted by Gasteiger charge is 2.34. The van der Waals surface area contributed by atoms with Crippen LogP contribution in [0.1, 0.15) is 89.1 Å². The van der Waals surface area contributed by atoms with E-state index in [4.69, 9.17) is 14.2 Å². The summed E-state index contributed by atoms with van der Waals surface area (Å²) in [6.45, 7) is 19.6. The number of benzene rings is 2. The Balaban J connectivity index is 1.80. The third kappa shape index (κ3) is 6.68. The van der Waals surface area contributed by atoms with Crippen molar-refractivity contribution in [2.24, 2.45) is 0 Å². The number of carbonyl (C=O) groups excluding carboxylic acids is 1. The summed E-state index contributed by atoms with van der Waals surface area (Å²) in [5.41, 5.74) is 5.58. The molecule has 1 fully saturated rings. The minimum Gasteiger partial charge on any atom is -0.491 e. The second-order valence-corrected chi connectivity index (χ2v) is 11.6. The zero-order chi connectivity index (χ0) is 26.7. The number of aryl methyl sites for hydroxylation is 2. The highest BCUT2D eigenvalue weighted by molar-refractivity contribution is 5.79. The summed E-state index contributed by atoms with van der Waals surface area (Å²) in [6, 6.07) is 13.2. The van der Waals surface area contributed by atoms with Gasteiger partial charge in [0.1, 0.15) is 18.5 Å². The molecule has 1 atom stereocenters. The molecule has 2 aromatic rings. The largest absolute Gasteiger partial charge is 0.491 e. The molecule has 1 N–H and O–H groups in total. The summed E-state index contributed by atoms with van der Waals surface area (Å²) >= 11 is 0. The molecule has 5 nitrogen and oxygen atoms in total. The van der Waals surface area contributed by atoms with Gasteiger partial charge in [-0.3, -0.25) is 4.79 Å². The number of carbonyl (C=O) groups is 1. The van der Waals surface area contributed by atoms with Crippen molar-refractivity contribution < 1.29 is 19.0 Å². The lowest BCUT2D eigenvalue weighted by atomic mass is 9.69. The van der Waals surface area contributed by atoms with E-state index in [0.29, 0.717) is 19.6 Å². The van der Waals surface area contributed by atoms with E-state index in [-0.39, 0.29) is 23.0 Å². The van der Waals surface area contributed by atoms with Crippen molar-refractivity contribution in [1.29, 1.82) is 0 Å². The smallest absolute Gasteiger partial charge is 0.224 e. The lowest BCUT2D eigenvalue weighted by Crippen LogP contribution is -2.41. The van der Waals surface area contributed by atoms with Gasteiger partial charge in [-0.15, -0.1) is 0 Å². The molecule has 0 saturated carbocycles. The molecule has 198 valence electrons. The molecule has 1 amide bonds. The molecule has 2 aromatic carbocycles. The molecule has 5 heteroatoms. The molecule has 3 rings (SSSR count). The molecule has 1 aliphatic heterocycles. The van der Waals surface area contributed by atoms with E-state index in [9.17, 15) is 4.79 Å². The number of hydrogen-bond acceptors (Lipinski definition) is 4. The molecule has 0 bridgehead atoms. The summed E-state index contributed by atoms with van der Waals surface area (Å²) in [7, 11) is 0. The van der Waals surface area contributed by atoms with Crippen LogP contribution in [-0.4, -0.2) is 36.6 Å². The second kappa shape index (κ2) is 10.9. The van der Waals surface area contributed by atoms with Crippen molar-refractivity contribution in [3.8, 4) is 5.75 Å². The van der Waals surface area contributed by atoms with Gasteiger partial charge in [0.15, 0.2) is 5.79 Å². The van der Waals surface area contributed by atoms with Crippen molar-refractivity contribution in [2.45, 2.75) is 104 Å². The normalized spacial score (nSPS) is 17.8. The number of rotatable bonds is 9. The van der Waals surface area contributed by atoms with E-state index in [1.165, 1.54) is 11.1 Å². The van der Waals surface area contributed by atoms with E-state index >= 15 is 0 Å². The highest BCUT2D eigenvalue weighted by atomic mass is 16.7. The summed E-state index contributed by atoms with van der Waals surface area (Å²) in [5, 5.41) is 3.07. The molecule has 1 heterocycles. The molecule has 0 aromatic heterocycles. The van der Waals surface area contributed by atoms with Crippen molar-refractivity contribution >= 4 is 5.91 Å². The molecule has 1 aliphatic rings. The predicted molar refractivity (Wildman–Crippen MR) is 146 cm³/mol. The van der Waals surface area contributed by atoms with Crippen LogP contribution in [0, 0.1) is 13.8 Å². The van der Waals surface area contributed by atoms with Gasteiger partial charge < -0.3 is 19.5 Å². The van der Waals surface area contributed by atoms with Gasteiger partial charge in [0.05, 0.1) is 13.0 Å². The van der Waals surface area contributed by atoms with E-state index in [2.05, 4.69) is 69.4 Å². The molecule has 0 unspecified atom stereocenters. The molecular formula is C31H45NO4. The van der Waals surface area contributed by atoms with Gasteiger partial charge in [0.2, 0.25) is 5.91 Å². The van der Waals surface area contributed by atoms with Crippen molar-refractivity contribution in [3.63, 3.8) is 0 Å². The zero-order valence-corrected chi connectivity index (χ0v) is 23.7. The molecule has 36 heavy (non-hydrogen) atoms. The van der Waals surface area contributed by atoms with Crippen molar-refractivity contribution in [1.82, 2.24) is 5.32 Å². The van der Waals surface area contributed by atoms with Gasteiger partial charge in [-0.25, -0.2) is 0 Å². The first-order chi connectivity index (χ1) is 16.8. The van der Waals surface area contributed by atoms with Gasteiger partial charge in [-0.05, 0) is 95.2 Å². The zero-order valence-electron chi connectivity index (χ0n) is 23.7. The maximum atomic E-state index is 12.5. The maximum absolute atomic E-state index is 12.5. The summed E-state index contributed by atoms with van der Waals surface area (Å²) in [5.74, 6) is 0.392. The van der Waals surface area contributed by atoms with Crippen LogP contribution >= 0.6 is 0 Å². The van der Waals surface area contributed by atoms with Crippen LogP contribution in [0.4, 0.5) is 0 Å². The Hall–Kier alpha value is -2.37.